The SMILES string of the molecule is Cc1ccc(-c2ccncc2)cc1NC(=O)NCCc1ccccn1. The predicted molar refractivity (Wildman–Crippen MR) is 99.4 cm³/mol. The standard InChI is InChI=1S/C20H20N4O/c1-15-5-6-17(16-7-11-21-12-8-16)14-19(15)24-20(25)23-13-9-18-4-2-3-10-22-18/h2-8,10-12,14H,9,13H2,1H3,(H2,23,24,25). The zero-order chi connectivity index (χ0) is 17.5. The summed E-state index contributed by atoms with van der Waals surface area (Å²) in [5, 5.41) is 5.79. The lowest BCUT2D eigenvalue weighted by molar-refractivity contribution is 0.252. The highest BCUT2D eigenvalue weighted by molar-refractivity contribution is 5.91. The van der Waals surface area contributed by atoms with E-state index in [9.17, 15) is 4.79 Å². The number of aryl methyl sites for hydroxylation is 1. The number of carbonyl (C=O) groups excluding carboxylic acids is 1. The molecular formula is C20H20N4O. The van der Waals surface area contributed by atoms with Crippen molar-refractivity contribution in [2.75, 3.05) is 11.9 Å². The minimum Gasteiger partial charge on any atom is -0.337 e. The van der Waals surface area contributed by atoms with Gasteiger partial charge in [-0.25, -0.2) is 4.79 Å². The van der Waals surface area contributed by atoms with Crippen molar-refractivity contribution in [1.29, 1.82) is 0 Å². The minimum absolute atomic E-state index is 0.217. The maximum Gasteiger partial charge on any atom is 0.319 e. The molecule has 0 spiro atoms. The molecule has 0 aliphatic carbocycles. The topological polar surface area (TPSA) is 66.9 Å². The largest absolute Gasteiger partial charge is 0.337 e. The monoisotopic (exact) mass is 332 g/mol. The van der Waals surface area contributed by atoms with Crippen LogP contribution in [0.25, 0.3) is 11.1 Å². The van der Waals surface area contributed by atoms with Gasteiger partial charge in [0.05, 0.1) is 0 Å². The van der Waals surface area contributed by atoms with Gasteiger partial charge in [0.15, 0.2) is 0 Å². The van der Waals surface area contributed by atoms with Gasteiger partial charge in [0.1, 0.15) is 0 Å². The molecule has 2 aromatic heterocycles. The first-order valence-electron chi connectivity index (χ1n) is 8.18. The Morgan fingerprint density at radius 2 is 1.84 bits per heavy atom. The van der Waals surface area contributed by atoms with Gasteiger partial charge >= 0.3 is 6.03 Å². The fourth-order valence-corrected chi connectivity index (χ4v) is 2.50. The molecule has 0 fully saturated rings. The van der Waals surface area contributed by atoms with Gasteiger partial charge < -0.3 is 10.6 Å². The fourth-order valence-electron chi connectivity index (χ4n) is 2.50. The number of nitrogens with zero attached hydrogens (tertiary/aromatic N) is 2. The second-order valence-corrected chi connectivity index (χ2v) is 5.72. The van der Waals surface area contributed by atoms with E-state index in [1.165, 1.54) is 0 Å². The summed E-state index contributed by atoms with van der Waals surface area (Å²) in [5.74, 6) is 0. The molecule has 3 rings (SSSR count). The van der Waals surface area contributed by atoms with Crippen LogP contribution in [0.3, 0.4) is 0 Å². The molecule has 0 unspecified atom stereocenters. The number of urea groups is 1. The fraction of sp³-hybridized carbons (Fsp3) is 0.150. The van der Waals surface area contributed by atoms with Crippen molar-refractivity contribution < 1.29 is 4.79 Å². The number of amides is 2. The number of hydrogen-bond donors (Lipinski definition) is 2. The van der Waals surface area contributed by atoms with E-state index in [1.807, 2.05) is 55.5 Å². The van der Waals surface area contributed by atoms with Crippen LogP contribution >= 0.6 is 0 Å². The third kappa shape index (κ3) is 4.64. The smallest absolute Gasteiger partial charge is 0.319 e. The van der Waals surface area contributed by atoms with Crippen LogP contribution in [-0.4, -0.2) is 22.5 Å². The van der Waals surface area contributed by atoms with Crippen LogP contribution < -0.4 is 10.6 Å². The molecule has 126 valence electrons. The van der Waals surface area contributed by atoms with Crippen molar-refractivity contribution >= 4 is 11.7 Å². The molecule has 2 heterocycles. The Hall–Kier alpha value is -3.21. The van der Waals surface area contributed by atoms with Crippen LogP contribution in [0.2, 0.25) is 0 Å². The van der Waals surface area contributed by atoms with E-state index in [0.29, 0.717) is 13.0 Å². The van der Waals surface area contributed by atoms with Crippen LogP contribution in [0.15, 0.2) is 67.1 Å². The highest BCUT2D eigenvalue weighted by Gasteiger charge is 2.06. The summed E-state index contributed by atoms with van der Waals surface area (Å²) >= 11 is 0. The van der Waals surface area contributed by atoms with E-state index in [0.717, 1.165) is 28.1 Å². The first kappa shape index (κ1) is 16.6. The maximum absolute atomic E-state index is 12.2. The Morgan fingerprint density at radius 1 is 1.00 bits per heavy atom. The number of nitrogens with one attached hydrogen (secondary N) is 2. The lowest BCUT2D eigenvalue weighted by Gasteiger charge is -2.12. The molecule has 0 aliphatic rings. The average Bonchev–Trinajstić information content (AvgIpc) is 2.65. The van der Waals surface area contributed by atoms with Crippen molar-refractivity contribution in [2.45, 2.75) is 13.3 Å². The van der Waals surface area contributed by atoms with Gasteiger partial charge in [-0.3, -0.25) is 9.97 Å². The predicted octanol–water partition coefficient (Wildman–Crippen LogP) is 3.82. The normalized spacial score (nSPS) is 10.3. The molecule has 2 amide bonds. The number of pyridine rings is 2. The molecule has 0 saturated heterocycles. The molecule has 0 saturated carbocycles. The zero-order valence-electron chi connectivity index (χ0n) is 14.1. The zero-order valence-corrected chi connectivity index (χ0v) is 14.1. The number of carbonyl (C=O) groups is 1. The van der Waals surface area contributed by atoms with Crippen molar-refractivity contribution in [3.63, 3.8) is 0 Å². The first-order chi connectivity index (χ1) is 12.2. The van der Waals surface area contributed by atoms with Crippen molar-refractivity contribution in [1.82, 2.24) is 15.3 Å². The summed E-state index contributed by atoms with van der Waals surface area (Å²) in [4.78, 5) is 20.4. The summed E-state index contributed by atoms with van der Waals surface area (Å²) in [6.07, 6.45) is 5.97. The molecule has 5 nitrogen and oxygen atoms in total. The Balaban J connectivity index is 1.61. The summed E-state index contributed by atoms with van der Waals surface area (Å²) in [6.45, 7) is 2.51. The van der Waals surface area contributed by atoms with Crippen LogP contribution in [0.1, 0.15) is 11.3 Å². The second-order valence-electron chi connectivity index (χ2n) is 5.72. The number of hydrogen-bond acceptors (Lipinski definition) is 3. The van der Waals surface area contributed by atoms with Crippen LogP contribution in [0.4, 0.5) is 10.5 Å². The van der Waals surface area contributed by atoms with E-state index in [-0.39, 0.29) is 6.03 Å². The first-order valence-corrected chi connectivity index (χ1v) is 8.18. The molecule has 0 radical (unpaired) electrons. The molecule has 0 bridgehead atoms. The molecular weight excluding hydrogens is 312 g/mol. The van der Waals surface area contributed by atoms with E-state index in [2.05, 4.69) is 20.6 Å². The molecule has 0 atom stereocenters. The second kappa shape index (κ2) is 8.06. The number of aromatic nitrogens is 2. The minimum atomic E-state index is -0.217. The quantitative estimate of drug-likeness (QED) is 0.746. The molecule has 2 N–H and O–H groups in total. The van der Waals surface area contributed by atoms with E-state index >= 15 is 0 Å². The van der Waals surface area contributed by atoms with Gasteiger partial charge in [-0.15, -0.1) is 0 Å². The van der Waals surface area contributed by atoms with Crippen molar-refractivity contribution in [2.24, 2.45) is 0 Å². The molecule has 25 heavy (non-hydrogen) atoms. The lowest BCUT2D eigenvalue weighted by Crippen LogP contribution is -2.30. The third-order valence-electron chi connectivity index (χ3n) is 3.89. The number of anilines is 1. The Morgan fingerprint density at radius 3 is 2.60 bits per heavy atom. The van der Waals surface area contributed by atoms with E-state index < -0.39 is 0 Å². The van der Waals surface area contributed by atoms with Crippen molar-refractivity contribution in [3.8, 4) is 11.1 Å². The van der Waals surface area contributed by atoms with Gasteiger partial charge in [-0.05, 0) is 53.9 Å². The average molecular weight is 332 g/mol. The molecule has 1 aromatic carbocycles. The summed E-state index contributed by atoms with van der Waals surface area (Å²) < 4.78 is 0. The Labute approximate surface area is 147 Å². The summed E-state index contributed by atoms with van der Waals surface area (Å²) in [6, 6.07) is 15.5. The summed E-state index contributed by atoms with van der Waals surface area (Å²) in [5.41, 5.74) is 4.87. The van der Waals surface area contributed by atoms with E-state index in [4.69, 9.17) is 0 Å². The molecule has 3 aromatic rings. The van der Waals surface area contributed by atoms with Gasteiger partial charge in [-0.1, -0.05) is 18.2 Å². The van der Waals surface area contributed by atoms with Crippen LogP contribution in [0, 0.1) is 6.92 Å². The summed E-state index contributed by atoms with van der Waals surface area (Å²) in [7, 11) is 0. The number of rotatable bonds is 5. The van der Waals surface area contributed by atoms with Gasteiger partial charge in [0, 0.05) is 42.9 Å². The highest BCUT2D eigenvalue weighted by atomic mass is 16.2. The third-order valence-corrected chi connectivity index (χ3v) is 3.89. The lowest BCUT2D eigenvalue weighted by atomic mass is 10.0. The van der Waals surface area contributed by atoms with Crippen molar-refractivity contribution in [3.05, 3.63) is 78.4 Å². The van der Waals surface area contributed by atoms with Gasteiger partial charge in [0.25, 0.3) is 0 Å². The Kier molecular flexibility index (Phi) is 5.36. The highest BCUT2D eigenvalue weighted by Crippen LogP contribution is 2.24. The van der Waals surface area contributed by atoms with Crippen LogP contribution in [-0.2, 0) is 6.42 Å². The van der Waals surface area contributed by atoms with Crippen LogP contribution in [0.5, 0.6) is 0 Å². The Bertz CT molecular complexity index is 835. The van der Waals surface area contributed by atoms with Gasteiger partial charge in [-0.2, -0.15) is 0 Å². The van der Waals surface area contributed by atoms with Gasteiger partial charge in [0.2, 0.25) is 0 Å². The number of benzene rings is 1. The maximum atomic E-state index is 12.2. The molecule has 5 heteroatoms. The van der Waals surface area contributed by atoms with E-state index in [1.54, 1.807) is 18.6 Å². The molecule has 0 aliphatic heterocycles.